The van der Waals surface area contributed by atoms with Crippen LogP contribution in [0, 0.1) is 11.8 Å². The topological polar surface area (TPSA) is 51.1 Å². The molecule has 0 radical (unpaired) electrons. The van der Waals surface area contributed by atoms with Crippen LogP contribution in [-0.4, -0.2) is 30.9 Å². The van der Waals surface area contributed by atoms with Crippen LogP contribution in [0.2, 0.25) is 0 Å². The minimum atomic E-state index is 0.0244. The van der Waals surface area contributed by atoms with Crippen molar-refractivity contribution in [1.82, 2.24) is 0 Å². The van der Waals surface area contributed by atoms with E-state index in [0.29, 0.717) is 11.8 Å². The van der Waals surface area contributed by atoms with Gasteiger partial charge in [-0.2, -0.15) is 0 Å². The van der Waals surface area contributed by atoms with E-state index in [1.54, 1.807) is 6.21 Å². The molecule has 0 bridgehead atoms. The van der Waals surface area contributed by atoms with Gasteiger partial charge in [-0.25, -0.2) is 0 Å². The van der Waals surface area contributed by atoms with Gasteiger partial charge in [0.1, 0.15) is 0 Å². The number of nitrogens with zero attached hydrogens (tertiary/aromatic N) is 1. The molecule has 92 valence electrons. The summed E-state index contributed by atoms with van der Waals surface area (Å²) in [5.74, 6) is 1.21. The van der Waals surface area contributed by atoms with Crippen molar-refractivity contribution in [3.63, 3.8) is 0 Å². The molecule has 2 rings (SSSR count). The van der Waals surface area contributed by atoms with E-state index >= 15 is 0 Å². The molecule has 2 aliphatic rings. The molecule has 1 heterocycles. The molecule has 0 aromatic heterocycles. The van der Waals surface area contributed by atoms with Gasteiger partial charge >= 0.3 is 0 Å². The Bertz CT molecular complexity index is 226. The number of oxime groups is 1. The SMILES string of the molecule is ON=CCCC1CCCCC1C1OCCO1. The van der Waals surface area contributed by atoms with E-state index in [1.165, 1.54) is 25.7 Å². The molecule has 0 aromatic rings. The summed E-state index contributed by atoms with van der Waals surface area (Å²) < 4.78 is 11.2. The lowest BCUT2D eigenvalue weighted by molar-refractivity contribution is -0.109. The first kappa shape index (κ1) is 11.9. The van der Waals surface area contributed by atoms with Crippen molar-refractivity contribution < 1.29 is 14.7 Å². The van der Waals surface area contributed by atoms with Gasteiger partial charge in [-0.05, 0) is 31.6 Å². The van der Waals surface area contributed by atoms with Crippen LogP contribution < -0.4 is 0 Å². The second-order valence-corrected chi connectivity index (χ2v) is 4.69. The molecule has 2 unspecified atom stereocenters. The van der Waals surface area contributed by atoms with Crippen LogP contribution in [0.5, 0.6) is 0 Å². The zero-order valence-corrected chi connectivity index (χ0v) is 9.68. The fourth-order valence-electron chi connectivity index (χ4n) is 2.92. The van der Waals surface area contributed by atoms with Crippen LogP contribution in [0.3, 0.4) is 0 Å². The van der Waals surface area contributed by atoms with E-state index in [2.05, 4.69) is 5.16 Å². The van der Waals surface area contributed by atoms with Crippen molar-refractivity contribution >= 4 is 6.21 Å². The summed E-state index contributed by atoms with van der Waals surface area (Å²) in [6, 6.07) is 0. The second-order valence-electron chi connectivity index (χ2n) is 4.69. The monoisotopic (exact) mass is 227 g/mol. The zero-order valence-electron chi connectivity index (χ0n) is 9.68. The van der Waals surface area contributed by atoms with Crippen molar-refractivity contribution in [1.29, 1.82) is 0 Å². The standard InChI is InChI=1S/C12H21NO3/c14-13-7-3-5-10-4-1-2-6-11(10)12-15-8-9-16-12/h7,10-12,14H,1-6,8-9H2. The summed E-state index contributed by atoms with van der Waals surface area (Å²) in [5, 5.41) is 11.4. The molecule has 4 nitrogen and oxygen atoms in total. The van der Waals surface area contributed by atoms with Crippen molar-refractivity contribution in [2.75, 3.05) is 13.2 Å². The quantitative estimate of drug-likeness (QED) is 0.456. The van der Waals surface area contributed by atoms with Gasteiger partial charge in [0.15, 0.2) is 6.29 Å². The summed E-state index contributed by atoms with van der Waals surface area (Å²) in [6.07, 6.45) is 8.61. The Labute approximate surface area is 96.6 Å². The van der Waals surface area contributed by atoms with E-state index in [-0.39, 0.29) is 6.29 Å². The lowest BCUT2D eigenvalue weighted by atomic mass is 9.76. The predicted octanol–water partition coefficient (Wildman–Crippen LogP) is 2.41. The fraction of sp³-hybridized carbons (Fsp3) is 0.917. The van der Waals surface area contributed by atoms with Gasteiger partial charge in [0.05, 0.1) is 13.2 Å². The molecule has 1 saturated carbocycles. The van der Waals surface area contributed by atoms with Gasteiger partial charge in [0.25, 0.3) is 0 Å². The van der Waals surface area contributed by atoms with Crippen molar-refractivity contribution in [3.05, 3.63) is 0 Å². The third-order valence-corrected chi connectivity index (χ3v) is 3.71. The molecule has 2 fully saturated rings. The minimum Gasteiger partial charge on any atom is -0.411 e. The van der Waals surface area contributed by atoms with Crippen molar-refractivity contribution in [3.8, 4) is 0 Å². The third-order valence-electron chi connectivity index (χ3n) is 3.71. The summed E-state index contributed by atoms with van der Waals surface area (Å²) in [6.45, 7) is 1.48. The molecule has 1 aliphatic heterocycles. The molecular formula is C12H21NO3. The maximum Gasteiger partial charge on any atom is 0.160 e. The Morgan fingerprint density at radius 3 is 2.69 bits per heavy atom. The molecule has 2 atom stereocenters. The molecule has 0 spiro atoms. The maximum absolute atomic E-state index is 8.39. The first-order valence-corrected chi connectivity index (χ1v) is 6.31. The van der Waals surface area contributed by atoms with Gasteiger partial charge in [-0.3, -0.25) is 0 Å². The maximum atomic E-state index is 8.39. The van der Waals surface area contributed by atoms with E-state index in [1.807, 2.05) is 0 Å². The molecule has 1 N–H and O–H groups in total. The average Bonchev–Trinajstić information content (AvgIpc) is 2.83. The van der Waals surface area contributed by atoms with E-state index in [9.17, 15) is 0 Å². The van der Waals surface area contributed by atoms with E-state index in [4.69, 9.17) is 14.7 Å². The van der Waals surface area contributed by atoms with Gasteiger partial charge in [0, 0.05) is 12.1 Å². The largest absolute Gasteiger partial charge is 0.411 e. The van der Waals surface area contributed by atoms with Crippen LogP contribution in [0.15, 0.2) is 5.16 Å². The Morgan fingerprint density at radius 2 is 1.94 bits per heavy atom. The zero-order chi connectivity index (χ0) is 11.2. The van der Waals surface area contributed by atoms with Gasteiger partial charge in [-0.15, -0.1) is 5.16 Å². The van der Waals surface area contributed by atoms with Gasteiger partial charge in [-0.1, -0.05) is 12.8 Å². The number of rotatable bonds is 4. The van der Waals surface area contributed by atoms with Crippen molar-refractivity contribution in [2.45, 2.75) is 44.8 Å². The van der Waals surface area contributed by atoms with Gasteiger partial charge < -0.3 is 14.7 Å². The molecular weight excluding hydrogens is 206 g/mol. The lowest BCUT2D eigenvalue weighted by Crippen LogP contribution is -2.31. The fourth-order valence-corrected chi connectivity index (χ4v) is 2.92. The minimum absolute atomic E-state index is 0.0244. The Morgan fingerprint density at radius 1 is 1.19 bits per heavy atom. The first-order chi connectivity index (χ1) is 7.92. The van der Waals surface area contributed by atoms with Gasteiger partial charge in [0.2, 0.25) is 0 Å². The van der Waals surface area contributed by atoms with Crippen LogP contribution in [0.1, 0.15) is 38.5 Å². The van der Waals surface area contributed by atoms with Crippen LogP contribution in [0.25, 0.3) is 0 Å². The molecule has 4 heteroatoms. The number of ether oxygens (including phenoxy) is 2. The smallest absolute Gasteiger partial charge is 0.160 e. The lowest BCUT2D eigenvalue weighted by Gasteiger charge is -2.34. The Hall–Kier alpha value is -0.610. The molecule has 1 aliphatic carbocycles. The Kier molecular flexibility index (Phi) is 4.60. The normalized spacial score (nSPS) is 32.5. The van der Waals surface area contributed by atoms with E-state index < -0.39 is 0 Å². The summed E-state index contributed by atoms with van der Waals surface area (Å²) >= 11 is 0. The van der Waals surface area contributed by atoms with Crippen LogP contribution >= 0.6 is 0 Å². The predicted molar refractivity (Wildman–Crippen MR) is 60.7 cm³/mol. The molecule has 1 saturated heterocycles. The molecule has 0 amide bonds. The van der Waals surface area contributed by atoms with Crippen LogP contribution in [0.4, 0.5) is 0 Å². The van der Waals surface area contributed by atoms with E-state index in [0.717, 1.165) is 26.1 Å². The summed E-state index contributed by atoms with van der Waals surface area (Å²) in [7, 11) is 0. The highest BCUT2D eigenvalue weighted by Gasteiger charge is 2.34. The van der Waals surface area contributed by atoms with Crippen LogP contribution in [-0.2, 0) is 9.47 Å². The second kappa shape index (κ2) is 6.21. The first-order valence-electron chi connectivity index (χ1n) is 6.31. The number of hydrogen-bond acceptors (Lipinski definition) is 4. The van der Waals surface area contributed by atoms with Crippen molar-refractivity contribution in [2.24, 2.45) is 17.0 Å². The Balaban J connectivity index is 1.85. The average molecular weight is 227 g/mol. The summed E-state index contributed by atoms with van der Waals surface area (Å²) in [4.78, 5) is 0. The number of hydrogen-bond donors (Lipinski definition) is 1. The third kappa shape index (κ3) is 2.95. The summed E-state index contributed by atoms with van der Waals surface area (Å²) in [5.41, 5.74) is 0. The highest BCUT2D eigenvalue weighted by molar-refractivity contribution is 5.55. The highest BCUT2D eigenvalue weighted by atomic mass is 16.7. The highest BCUT2D eigenvalue weighted by Crippen LogP contribution is 2.37. The molecule has 16 heavy (non-hydrogen) atoms. The molecule has 0 aromatic carbocycles.